The highest BCUT2D eigenvalue weighted by molar-refractivity contribution is 6.35. The predicted molar refractivity (Wildman–Crippen MR) is 95.9 cm³/mol. The molecule has 0 aromatic heterocycles. The maximum atomic E-state index is 12.2. The quantitative estimate of drug-likeness (QED) is 0.783. The van der Waals surface area contributed by atoms with Crippen LogP contribution in [0.5, 0.6) is 0 Å². The molecule has 24 heavy (non-hydrogen) atoms. The summed E-state index contributed by atoms with van der Waals surface area (Å²) in [6.45, 7) is 1.76. The van der Waals surface area contributed by atoms with E-state index >= 15 is 0 Å². The van der Waals surface area contributed by atoms with E-state index in [1.165, 1.54) is 7.11 Å². The van der Waals surface area contributed by atoms with Crippen molar-refractivity contribution >= 4 is 40.8 Å². The van der Waals surface area contributed by atoms with E-state index in [-0.39, 0.29) is 12.3 Å². The van der Waals surface area contributed by atoms with Crippen molar-refractivity contribution in [1.82, 2.24) is 0 Å². The molecule has 126 valence electrons. The molecule has 2 rings (SSSR count). The Bertz CT molecular complexity index is 775. The number of methoxy groups -OCH3 is 1. The Morgan fingerprint density at radius 1 is 1.17 bits per heavy atom. The fourth-order valence-corrected chi connectivity index (χ4v) is 2.79. The molecule has 4 nitrogen and oxygen atoms in total. The third-order valence-electron chi connectivity index (χ3n) is 3.65. The van der Waals surface area contributed by atoms with Crippen molar-refractivity contribution in [3.63, 3.8) is 0 Å². The van der Waals surface area contributed by atoms with Crippen LogP contribution < -0.4 is 5.32 Å². The number of halogens is 2. The molecule has 0 heterocycles. The summed E-state index contributed by atoms with van der Waals surface area (Å²) in [5, 5.41) is 3.91. The van der Waals surface area contributed by atoms with E-state index in [4.69, 9.17) is 27.9 Å². The molecule has 0 radical (unpaired) electrons. The lowest BCUT2D eigenvalue weighted by Gasteiger charge is -2.11. The SMILES string of the molecule is COC(=O)c1cccc(NC(=O)CCc2ccc(Cl)cc2Cl)c1C. The first-order chi connectivity index (χ1) is 11.4. The second kappa shape index (κ2) is 8.18. The molecule has 0 aliphatic carbocycles. The molecule has 6 heteroatoms. The van der Waals surface area contributed by atoms with Crippen molar-refractivity contribution in [2.24, 2.45) is 0 Å². The number of rotatable bonds is 5. The van der Waals surface area contributed by atoms with Gasteiger partial charge < -0.3 is 10.1 Å². The van der Waals surface area contributed by atoms with Gasteiger partial charge in [-0.1, -0.05) is 35.3 Å². The molecule has 0 unspecified atom stereocenters. The first-order valence-corrected chi connectivity index (χ1v) is 8.09. The van der Waals surface area contributed by atoms with E-state index in [1.807, 2.05) is 0 Å². The predicted octanol–water partition coefficient (Wildman–Crippen LogP) is 4.66. The molecular formula is C18H17Cl2NO3. The lowest BCUT2D eigenvalue weighted by atomic mass is 10.1. The van der Waals surface area contributed by atoms with Gasteiger partial charge in [0.25, 0.3) is 0 Å². The average Bonchev–Trinajstić information content (AvgIpc) is 2.55. The van der Waals surface area contributed by atoms with Gasteiger partial charge in [0.1, 0.15) is 0 Å². The Hall–Kier alpha value is -2.04. The second-order valence-electron chi connectivity index (χ2n) is 5.25. The zero-order valence-corrected chi connectivity index (χ0v) is 14.9. The normalized spacial score (nSPS) is 10.3. The van der Waals surface area contributed by atoms with E-state index in [0.717, 1.165) is 5.56 Å². The van der Waals surface area contributed by atoms with Crippen LogP contribution in [0, 0.1) is 6.92 Å². The molecule has 0 aliphatic rings. The first-order valence-electron chi connectivity index (χ1n) is 7.34. The van der Waals surface area contributed by atoms with Crippen LogP contribution in [0.4, 0.5) is 5.69 Å². The van der Waals surface area contributed by atoms with Gasteiger partial charge in [0.15, 0.2) is 0 Å². The van der Waals surface area contributed by atoms with Gasteiger partial charge in [-0.15, -0.1) is 0 Å². The van der Waals surface area contributed by atoms with E-state index in [0.29, 0.717) is 33.3 Å². The van der Waals surface area contributed by atoms with Crippen LogP contribution in [0.25, 0.3) is 0 Å². The van der Waals surface area contributed by atoms with Crippen molar-refractivity contribution in [2.75, 3.05) is 12.4 Å². The van der Waals surface area contributed by atoms with Crippen molar-refractivity contribution < 1.29 is 14.3 Å². The average molecular weight is 366 g/mol. The number of hydrogen-bond acceptors (Lipinski definition) is 3. The number of esters is 1. The Labute approximate surface area is 150 Å². The van der Waals surface area contributed by atoms with Crippen molar-refractivity contribution in [3.8, 4) is 0 Å². The minimum absolute atomic E-state index is 0.161. The highest BCUT2D eigenvalue weighted by Gasteiger charge is 2.13. The number of nitrogens with one attached hydrogen (secondary N) is 1. The van der Waals surface area contributed by atoms with Gasteiger partial charge in [-0.2, -0.15) is 0 Å². The van der Waals surface area contributed by atoms with Gasteiger partial charge in [-0.25, -0.2) is 4.79 Å². The monoisotopic (exact) mass is 365 g/mol. The first kappa shape index (κ1) is 18.3. The number of anilines is 1. The van der Waals surface area contributed by atoms with Crippen molar-refractivity contribution in [1.29, 1.82) is 0 Å². The summed E-state index contributed by atoms with van der Waals surface area (Å²) in [6, 6.07) is 10.3. The third kappa shape index (κ3) is 4.49. The number of aryl methyl sites for hydroxylation is 1. The molecular weight excluding hydrogens is 349 g/mol. The van der Waals surface area contributed by atoms with Gasteiger partial charge in [-0.3, -0.25) is 4.79 Å². The van der Waals surface area contributed by atoms with Crippen LogP contribution in [0.15, 0.2) is 36.4 Å². The van der Waals surface area contributed by atoms with Gasteiger partial charge in [0.2, 0.25) is 5.91 Å². The standard InChI is InChI=1S/C18H17Cl2NO3/c1-11-14(18(23)24-2)4-3-5-16(11)21-17(22)9-7-12-6-8-13(19)10-15(12)20/h3-6,8,10H,7,9H2,1-2H3,(H,21,22). The number of ether oxygens (including phenoxy) is 1. The molecule has 0 fully saturated rings. The van der Waals surface area contributed by atoms with Crippen LogP contribution in [-0.2, 0) is 16.0 Å². The summed E-state index contributed by atoms with van der Waals surface area (Å²) in [7, 11) is 1.32. The summed E-state index contributed by atoms with van der Waals surface area (Å²) >= 11 is 12.0. The summed E-state index contributed by atoms with van der Waals surface area (Å²) in [5.41, 5.74) is 2.54. The van der Waals surface area contributed by atoms with Crippen molar-refractivity contribution in [2.45, 2.75) is 19.8 Å². The fraction of sp³-hybridized carbons (Fsp3) is 0.222. The topological polar surface area (TPSA) is 55.4 Å². The number of amides is 1. The summed E-state index contributed by atoms with van der Waals surface area (Å²) in [5.74, 6) is -0.595. The lowest BCUT2D eigenvalue weighted by Crippen LogP contribution is -2.15. The highest BCUT2D eigenvalue weighted by Crippen LogP contribution is 2.23. The minimum atomic E-state index is -0.434. The molecule has 2 aromatic carbocycles. The number of hydrogen-bond donors (Lipinski definition) is 1. The van der Waals surface area contributed by atoms with E-state index in [9.17, 15) is 9.59 Å². The highest BCUT2D eigenvalue weighted by atomic mass is 35.5. The molecule has 0 saturated carbocycles. The van der Waals surface area contributed by atoms with Crippen LogP contribution in [-0.4, -0.2) is 19.0 Å². The third-order valence-corrected chi connectivity index (χ3v) is 4.24. The molecule has 0 atom stereocenters. The second-order valence-corrected chi connectivity index (χ2v) is 6.10. The van der Waals surface area contributed by atoms with Gasteiger partial charge in [0, 0.05) is 22.2 Å². The van der Waals surface area contributed by atoms with E-state index < -0.39 is 5.97 Å². The molecule has 0 spiro atoms. The molecule has 0 aliphatic heterocycles. The maximum absolute atomic E-state index is 12.2. The number of benzene rings is 2. The van der Waals surface area contributed by atoms with Crippen LogP contribution >= 0.6 is 23.2 Å². The lowest BCUT2D eigenvalue weighted by molar-refractivity contribution is -0.116. The zero-order valence-electron chi connectivity index (χ0n) is 13.4. The summed E-state index contributed by atoms with van der Waals surface area (Å²) in [6.07, 6.45) is 0.765. The molecule has 2 aromatic rings. The zero-order chi connectivity index (χ0) is 17.7. The summed E-state index contributed by atoms with van der Waals surface area (Å²) in [4.78, 5) is 23.9. The van der Waals surface area contributed by atoms with Crippen molar-refractivity contribution in [3.05, 3.63) is 63.1 Å². The molecule has 0 saturated heterocycles. The van der Waals surface area contributed by atoms with E-state index in [2.05, 4.69) is 5.32 Å². The maximum Gasteiger partial charge on any atom is 0.338 e. The Morgan fingerprint density at radius 3 is 2.58 bits per heavy atom. The van der Waals surface area contributed by atoms with Crippen LogP contribution in [0.2, 0.25) is 10.0 Å². The van der Waals surface area contributed by atoms with E-state index in [1.54, 1.807) is 43.3 Å². The Balaban J connectivity index is 2.03. The molecule has 1 amide bonds. The number of carbonyl (C=O) groups is 2. The summed E-state index contributed by atoms with van der Waals surface area (Å²) < 4.78 is 4.73. The molecule has 0 bridgehead atoms. The largest absolute Gasteiger partial charge is 0.465 e. The van der Waals surface area contributed by atoms with Crippen LogP contribution in [0.3, 0.4) is 0 Å². The van der Waals surface area contributed by atoms with Gasteiger partial charge in [-0.05, 0) is 48.7 Å². The Kier molecular flexibility index (Phi) is 6.23. The van der Waals surface area contributed by atoms with Gasteiger partial charge >= 0.3 is 5.97 Å². The molecule has 1 N–H and O–H groups in total. The van der Waals surface area contributed by atoms with Crippen LogP contribution in [0.1, 0.15) is 27.9 Å². The van der Waals surface area contributed by atoms with Gasteiger partial charge in [0.05, 0.1) is 12.7 Å². The minimum Gasteiger partial charge on any atom is -0.465 e. The fourth-order valence-electron chi connectivity index (χ4n) is 2.29. The number of carbonyl (C=O) groups excluding carboxylic acids is 2. The Morgan fingerprint density at radius 2 is 1.92 bits per heavy atom. The smallest absolute Gasteiger partial charge is 0.338 e.